The van der Waals surface area contributed by atoms with Crippen LogP contribution in [-0.4, -0.2) is 17.9 Å². The number of nitrogens with zero attached hydrogens (tertiary/aromatic N) is 1. The fourth-order valence-electron chi connectivity index (χ4n) is 1.33. The topological polar surface area (TPSA) is 68.0 Å². The van der Waals surface area contributed by atoms with Gasteiger partial charge in [-0.2, -0.15) is 0 Å². The number of nitrogens with one attached hydrogen (secondary N) is 1. The smallest absolute Gasteiger partial charge is 0.252 e. The summed E-state index contributed by atoms with van der Waals surface area (Å²) in [7, 11) is 1.72. The zero-order valence-electron chi connectivity index (χ0n) is 8.01. The summed E-state index contributed by atoms with van der Waals surface area (Å²) in [6, 6.07) is 1.83. The van der Waals surface area contributed by atoms with E-state index < -0.39 is 5.91 Å². The van der Waals surface area contributed by atoms with Crippen molar-refractivity contribution in [3.05, 3.63) is 22.9 Å². The molecule has 1 rings (SSSR count). The van der Waals surface area contributed by atoms with E-state index >= 15 is 0 Å². The van der Waals surface area contributed by atoms with Crippen molar-refractivity contribution in [1.82, 2.24) is 4.98 Å². The lowest BCUT2D eigenvalue weighted by molar-refractivity contribution is 0.1000. The van der Waals surface area contributed by atoms with Gasteiger partial charge in [-0.3, -0.25) is 4.79 Å². The largest absolute Gasteiger partial charge is 0.372 e. The quantitative estimate of drug-likeness (QED) is 0.706. The van der Waals surface area contributed by atoms with Crippen LogP contribution in [0.5, 0.6) is 0 Å². The Labute approximate surface area is 77.2 Å². The zero-order valence-corrected chi connectivity index (χ0v) is 8.01. The van der Waals surface area contributed by atoms with Gasteiger partial charge < -0.3 is 11.1 Å². The van der Waals surface area contributed by atoms with Crippen molar-refractivity contribution in [2.75, 3.05) is 12.4 Å². The first-order valence-corrected chi connectivity index (χ1v) is 4.02. The van der Waals surface area contributed by atoms with Crippen LogP contribution in [-0.2, 0) is 0 Å². The second-order valence-electron chi connectivity index (χ2n) is 2.92. The Morgan fingerprint density at radius 3 is 2.62 bits per heavy atom. The summed E-state index contributed by atoms with van der Waals surface area (Å²) in [6.45, 7) is 3.72. The molecule has 0 aliphatic carbocycles. The average Bonchev–Trinajstić information content (AvgIpc) is 2.01. The molecule has 1 amide bonds. The van der Waals surface area contributed by atoms with Gasteiger partial charge >= 0.3 is 0 Å². The number of pyridine rings is 1. The lowest BCUT2D eigenvalue weighted by Gasteiger charge is -2.08. The van der Waals surface area contributed by atoms with Crippen molar-refractivity contribution in [2.24, 2.45) is 5.73 Å². The molecule has 70 valence electrons. The molecular formula is C9H13N3O. The lowest BCUT2D eigenvalue weighted by Crippen LogP contribution is -2.16. The summed E-state index contributed by atoms with van der Waals surface area (Å²) < 4.78 is 0. The van der Waals surface area contributed by atoms with Crippen molar-refractivity contribution in [1.29, 1.82) is 0 Å². The minimum Gasteiger partial charge on any atom is -0.372 e. The van der Waals surface area contributed by atoms with E-state index in [0.717, 1.165) is 11.3 Å². The van der Waals surface area contributed by atoms with Gasteiger partial charge in [-0.15, -0.1) is 0 Å². The maximum Gasteiger partial charge on any atom is 0.252 e. The molecule has 0 unspecified atom stereocenters. The van der Waals surface area contributed by atoms with Crippen molar-refractivity contribution >= 4 is 11.7 Å². The minimum absolute atomic E-state index is 0.450. The van der Waals surface area contributed by atoms with Gasteiger partial charge in [-0.05, 0) is 25.5 Å². The Hall–Kier alpha value is -1.58. The molecule has 0 fully saturated rings. The highest BCUT2D eigenvalue weighted by Crippen LogP contribution is 2.17. The number of hydrogen-bond donors (Lipinski definition) is 2. The van der Waals surface area contributed by atoms with Crippen LogP contribution in [0.1, 0.15) is 21.6 Å². The molecule has 0 spiro atoms. The molecule has 3 N–H and O–H groups in total. The van der Waals surface area contributed by atoms with Crippen LogP contribution in [0, 0.1) is 13.8 Å². The molecular weight excluding hydrogens is 166 g/mol. The number of hydrogen-bond acceptors (Lipinski definition) is 3. The van der Waals surface area contributed by atoms with Crippen LogP contribution in [0.25, 0.3) is 0 Å². The maximum absolute atomic E-state index is 11.1. The number of aryl methyl sites for hydroxylation is 2. The van der Waals surface area contributed by atoms with Crippen LogP contribution in [0.3, 0.4) is 0 Å². The van der Waals surface area contributed by atoms with Gasteiger partial charge in [-0.1, -0.05) is 0 Å². The molecule has 1 heterocycles. The molecule has 1 aromatic heterocycles. The van der Waals surface area contributed by atoms with Crippen molar-refractivity contribution in [3.8, 4) is 0 Å². The number of anilines is 1. The van der Waals surface area contributed by atoms with Crippen LogP contribution in [0.15, 0.2) is 6.07 Å². The van der Waals surface area contributed by atoms with Gasteiger partial charge in [0.05, 0.1) is 5.56 Å². The Morgan fingerprint density at radius 1 is 1.54 bits per heavy atom. The van der Waals surface area contributed by atoms with Gasteiger partial charge in [0.15, 0.2) is 0 Å². The third-order valence-electron chi connectivity index (χ3n) is 1.83. The van der Waals surface area contributed by atoms with Crippen molar-refractivity contribution in [2.45, 2.75) is 13.8 Å². The highest BCUT2D eigenvalue weighted by Gasteiger charge is 2.12. The first-order valence-electron chi connectivity index (χ1n) is 4.02. The molecule has 4 heteroatoms. The second-order valence-corrected chi connectivity index (χ2v) is 2.92. The number of rotatable bonds is 2. The van der Waals surface area contributed by atoms with E-state index in [1.165, 1.54) is 0 Å². The molecule has 0 saturated carbocycles. The van der Waals surface area contributed by atoms with E-state index in [2.05, 4.69) is 10.3 Å². The zero-order chi connectivity index (χ0) is 10.0. The third-order valence-corrected chi connectivity index (χ3v) is 1.83. The van der Waals surface area contributed by atoms with Crippen LogP contribution < -0.4 is 11.1 Å². The lowest BCUT2D eigenvalue weighted by atomic mass is 10.1. The van der Waals surface area contributed by atoms with Crippen molar-refractivity contribution < 1.29 is 4.79 Å². The summed E-state index contributed by atoms with van der Waals surface area (Å²) in [5, 5.41) is 2.85. The number of carbonyl (C=O) groups is 1. The standard InChI is InChI=1S/C9H13N3O/c1-5-4-6(2)12-9(11-3)7(5)8(10)13/h4H,1-3H3,(H2,10,13)(H,11,12). The number of carbonyl (C=O) groups excluding carboxylic acids is 1. The first kappa shape index (κ1) is 9.51. The summed E-state index contributed by atoms with van der Waals surface area (Å²) in [4.78, 5) is 15.2. The number of nitrogens with two attached hydrogens (primary N) is 1. The third kappa shape index (κ3) is 1.77. The van der Waals surface area contributed by atoms with E-state index in [4.69, 9.17) is 5.73 Å². The van der Waals surface area contributed by atoms with Gasteiger partial charge in [0, 0.05) is 12.7 Å². The molecule has 4 nitrogen and oxygen atoms in total. The van der Waals surface area contributed by atoms with E-state index in [1.54, 1.807) is 7.05 Å². The monoisotopic (exact) mass is 179 g/mol. The molecule has 13 heavy (non-hydrogen) atoms. The second kappa shape index (κ2) is 3.43. The van der Waals surface area contributed by atoms with Gasteiger partial charge in [-0.25, -0.2) is 4.98 Å². The normalized spacial score (nSPS) is 9.77. The van der Waals surface area contributed by atoms with E-state index in [-0.39, 0.29) is 0 Å². The Bertz CT molecular complexity index is 347. The van der Waals surface area contributed by atoms with Gasteiger partial charge in [0.25, 0.3) is 5.91 Å². The molecule has 0 aliphatic heterocycles. The molecule has 1 aromatic rings. The van der Waals surface area contributed by atoms with Crippen LogP contribution in [0.4, 0.5) is 5.82 Å². The van der Waals surface area contributed by atoms with Crippen LogP contribution >= 0.6 is 0 Å². The summed E-state index contributed by atoms with van der Waals surface area (Å²) in [5.41, 5.74) is 7.41. The molecule has 0 atom stereocenters. The average molecular weight is 179 g/mol. The molecule has 0 radical (unpaired) electrons. The summed E-state index contributed by atoms with van der Waals surface area (Å²) >= 11 is 0. The molecule has 0 aliphatic rings. The fourth-order valence-corrected chi connectivity index (χ4v) is 1.33. The summed E-state index contributed by atoms with van der Waals surface area (Å²) in [6.07, 6.45) is 0. The van der Waals surface area contributed by atoms with Gasteiger partial charge in [0.1, 0.15) is 5.82 Å². The number of amides is 1. The van der Waals surface area contributed by atoms with E-state index in [0.29, 0.717) is 11.4 Å². The SMILES string of the molecule is CNc1nc(C)cc(C)c1C(N)=O. The minimum atomic E-state index is -0.450. The number of primary amides is 1. The fraction of sp³-hybridized carbons (Fsp3) is 0.333. The van der Waals surface area contributed by atoms with Crippen molar-refractivity contribution in [3.63, 3.8) is 0 Å². The highest BCUT2D eigenvalue weighted by molar-refractivity contribution is 5.99. The predicted molar refractivity (Wildman–Crippen MR) is 51.8 cm³/mol. The Kier molecular flexibility index (Phi) is 2.51. The molecule has 0 aromatic carbocycles. The summed E-state index contributed by atoms with van der Waals surface area (Å²) in [5.74, 6) is 0.0966. The van der Waals surface area contributed by atoms with Gasteiger partial charge in [0.2, 0.25) is 0 Å². The van der Waals surface area contributed by atoms with Crippen LogP contribution in [0.2, 0.25) is 0 Å². The highest BCUT2D eigenvalue weighted by atomic mass is 16.1. The predicted octanol–water partition coefficient (Wildman–Crippen LogP) is 0.839. The maximum atomic E-state index is 11.1. The Balaban J connectivity index is 3.38. The van der Waals surface area contributed by atoms with E-state index in [1.807, 2.05) is 19.9 Å². The van der Waals surface area contributed by atoms with E-state index in [9.17, 15) is 4.79 Å². The molecule has 0 saturated heterocycles. The first-order chi connectivity index (χ1) is 6.06. The molecule has 0 bridgehead atoms. The number of aromatic nitrogens is 1. The Morgan fingerprint density at radius 2 is 2.15 bits per heavy atom.